The molecule has 3 aromatic rings. The third kappa shape index (κ3) is 5.32. The third-order valence-electron chi connectivity index (χ3n) is 4.96. The SMILES string of the molecule is CCCCCCCCS(=O)(=O)N/N=C/c1c2ccccc2cc2ccccc12. The maximum atomic E-state index is 12.2. The van der Waals surface area contributed by atoms with E-state index in [-0.39, 0.29) is 5.75 Å². The number of nitrogens with one attached hydrogen (secondary N) is 1. The van der Waals surface area contributed by atoms with Crippen molar-refractivity contribution in [3.05, 3.63) is 60.2 Å². The smallest absolute Gasteiger partial charge is 0.205 e. The second-order valence-corrected chi connectivity index (χ2v) is 8.99. The number of hydrazone groups is 1. The van der Waals surface area contributed by atoms with Crippen molar-refractivity contribution < 1.29 is 8.42 Å². The zero-order chi connectivity index (χ0) is 19.8. The first kappa shape index (κ1) is 20.3. The summed E-state index contributed by atoms with van der Waals surface area (Å²) in [6.45, 7) is 2.17. The molecule has 0 aromatic heterocycles. The fourth-order valence-electron chi connectivity index (χ4n) is 3.48. The lowest BCUT2D eigenvalue weighted by Gasteiger charge is -2.08. The highest BCUT2D eigenvalue weighted by Gasteiger charge is 2.09. The molecule has 4 nitrogen and oxygen atoms in total. The van der Waals surface area contributed by atoms with E-state index in [0.29, 0.717) is 6.42 Å². The van der Waals surface area contributed by atoms with Crippen LogP contribution in [0.2, 0.25) is 0 Å². The molecule has 0 heterocycles. The third-order valence-corrected chi connectivity index (χ3v) is 6.17. The standard InChI is InChI=1S/C23H28N2O2S/c1-2-3-4-5-6-11-16-28(26,27)25-24-18-23-21-14-9-7-12-19(21)17-20-13-8-10-15-22(20)23/h7-10,12-15,17-18,25H,2-6,11,16H2,1H3/b24-18+. The Hall–Kier alpha value is -2.40. The molecule has 0 radical (unpaired) electrons. The molecule has 0 saturated carbocycles. The van der Waals surface area contributed by atoms with Gasteiger partial charge in [0.1, 0.15) is 0 Å². The van der Waals surface area contributed by atoms with E-state index in [1.165, 1.54) is 19.3 Å². The van der Waals surface area contributed by atoms with Crippen LogP contribution < -0.4 is 4.83 Å². The van der Waals surface area contributed by atoms with Gasteiger partial charge in [0.2, 0.25) is 10.0 Å². The average Bonchev–Trinajstić information content (AvgIpc) is 2.70. The molecule has 28 heavy (non-hydrogen) atoms. The Labute approximate surface area is 167 Å². The van der Waals surface area contributed by atoms with E-state index in [1.54, 1.807) is 6.21 Å². The number of hydrogen-bond acceptors (Lipinski definition) is 3. The second-order valence-electron chi connectivity index (χ2n) is 7.17. The Balaban J connectivity index is 1.72. The molecule has 0 aliphatic heterocycles. The van der Waals surface area contributed by atoms with Gasteiger partial charge in [-0.2, -0.15) is 5.10 Å². The Bertz CT molecular complexity index is 1000. The molecule has 3 aromatic carbocycles. The summed E-state index contributed by atoms with van der Waals surface area (Å²) in [7, 11) is -3.40. The van der Waals surface area contributed by atoms with Gasteiger partial charge in [0.15, 0.2) is 0 Å². The van der Waals surface area contributed by atoms with E-state index in [1.807, 2.05) is 36.4 Å². The molecule has 0 fully saturated rings. The zero-order valence-corrected chi connectivity index (χ0v) is 17.2. The van der Waals surface area contributed by atoms with Crippen molar-refractivity contribution in [1.82, 2.24) is 4.83 Å². The highest BCUT2D eigenvalue weighted by molar-refractivity contribution is 7.89. The van der Waals surface area contributed by atoms with Gasteiger partial charge in [0.05, 0.1) is 12.0 Å². The number of benzene rings is 3. The first-order valence-electron chi connectivity index (χ1n) is 10.0. The van der Waals surface area contributed by atoms with E-state index < -0.39 is 10.0 Å². The van der Waals surface area contributed by atoms with E-state index in [9.17, 15) is 8.42 Å². The van der Waals surface area contributed by atoms with E-state index in [4.69, 9.17) is 0 Å². The van der Waals surface area contributed by atoms with Gasteiger partial charge in [-0.3, -0.25) is 0 Å². The summed E-state index contributed by atoms with van der Waals surface area (Å²) in [4.78, 5) is 2.38. The van der Waals surface area contributed by atoms with Crippen LogP contribution in [0, 0.1) is 0 Å². The topological polar surface area (TPSA) is 58.5 Å². The molecule has 0 saturated heterocycles. The van der Waals surface area contributed by atoms with Crippen LogP contribution in [0.5, 0.6) is 0 Å². The van der Waals surface area contributed by atoms with Crippen molar-refractivity contribution in [1.29, 1.82) is 0 Å². The summed E-state index contributed by atoms with van der Waals surface area (Å²) < 4.78 is 24.4. The van der Waals surface area contributed by atoms with Gasteiger partial charge in [-0.25, -0.2) is 13.2 Å². The minimum Gasteiger partial charge on any atom is -0.205 e. The van der Waals surface area contributed by atoms with Gasteiger partial charge in [-0.15, -0.1) is 0 Å². The van der Waals surface area contributed by atoms with Gasteiger partial charge in [0.25, 0.3) is 0 Å². The molecular formula is C23H28N2O2S. The molecule has 5 heteroatoms. The van der Waals surface area contributed by atoms with E-state index in [2.05, 4.69) is 35.1 Å². The summed E-state index contributed by atoms with van der Waals surface area (Å²) in [5.74, 6) is 0.118. The average molecular weight is 397 g/mol. The van der Waals surface area contributed by atoms with Crippen LogP contribution in [0.3, 0.4) is 0 Å². The fourth-order valence-corrected chi connectivity index (χ4v) is 4.37. The largest absolute Gasteiger partial charge is 0.247 e. The van der Waals surface area contributed by atoms with Crippen molar-refractivity contribution in [2.45, 2.75) is 45.4 Å². The zero-order valence-electron chi connectivity index (χ0n) is 16.4. The first-order chi connectivity index (χ1) is 13.6. The molecule has 0 atom stereocenters. The normalized spacial score (nSPS) is 12.2. The maximum Gasteiger partial charge on any atom is 0.247 e. The van der Waals surface area contributed by atoms with Crippen LogP contribution in [0.1, 0.15) is 51.0 Å². The van der Waals surface area contributed by atoms with Crippen LogP contribution in [-0.4, -0.2) is 20.4 Å². The number of rotatable bonds is 10. The van der Waals surface area contributed by atoms with Gasteiger partial charge >= 0.3 is 0 Å². The van der Waals surface area contributed by atoms with Gasteiger partial charge in [-0.1, -0.05) is 87.6 Å². The van der Waals surface area contributed by atoms with Gasteiger partial charge in [0, 0.05) is 5.56 Å². The van der Waals surface area contributed by atoms with Crippen molar-refractivity contribution in [2.24, 2.45) is 5.10 Å². The Morgan fingerprint density at radius 1 is 0.857 bits per heavy atom. The molecule has 0 spiro atoms. The lowest BCUT2D eigenvalue weighted by molar-refractivity contribution is 0.573. The lowest BCUT2D eigenvalue weighted by atomic mass is 9.97. The first-order valence-corrected chi connectivity index (χ1v) is 11.7. The number of nitrogens with zero attached hydrogens (tertiary/aromatic N) is 1. The van der Waals surface area contributed by atoms with Crippen molar-refractivity contribution in [3.8, 4) is 0 Å². The van der Waals surface area contributed by atoms with Crippen molar-refractivity contribution in [3.63, 3.8) is 0 Å². The number of fused-ring (bicyclic) bond motifs is 2. The Morgan fingerprint density at radius 3 is 2.07 bits per heavy atom. The molecule has 0 bridgehead atoms. The summed E-state index contributed by atoms with van der Waals surface area (Å²) >= 11 is 0. The molecule has 0 unspecified atom stereocenters. The quantitative estimate of drug-likeness (QED) is 0.210. The van der Waals surface area contributed by atoms with Crippen LogP contribution in [0.15, 0.2) is 59.7 Å². The van der Waals surface area contributed by atoms with Crippen molar-refractivity contribution >= 4 is 37.8 Å². The van der Waals surface area contributed by atoms with Gasteiger partial charge < -0.3 is 0 Å². The summed E-state index contributed by atoms with van der Waals surface area (Å²) in [5, 5.41) is 8.41. The van der Waals surface area contributed by atoms with Crippen LogP contribution in [0.25, 0.3) is 21.5 Å². The van der Waals surface area contributed by atoms with Crippen molar-refractivity contribution in [2.75, 3.05) is 5.75 Å². The predicted molar refractivity (Wildman–Crippen MR) is 119 cm³/mol. The van der Waals surface area contributed by atoms with E-state index in [0.717, 1.165) is 39.9 Å². The summed E-state index contributed by atoms with van der Waals surface area (Å²) in [5.41, 5.74) is 0.927. The minimum absolute atomic E-state index is 0.118. The molecule has 0 amide bonds. The molecule has 148 valence electrons. The summed E-state index contributed by atoms with van der Waals surface area (Å²) in [6.07, 6.45) is 7.92. The fraction of sp³-hybridized carbons (Fsp3) is 0.348. The predicted octanol–water partition coefficient (Wildman–Crippen LogP) is 5.61. The monoisotopic (exact) mass is 396 g/mol. The number of hydrogen-bond donors (Lipinski definition) is 1. The molecule has 1 N–H and O–H groups in total. The molecule has 3 rings (SSSR count). The highest BCUT2D eigenvalue weighted by atomic mass is 32.2. The Morgan fingerprint density at radius 2 is 1.43 bits per heavy atom. The highest BCUT2D eigenvalue weighted by Crippen LogP contribution is 2.27. The second kappa shape index (κ2) is 9.69. The molecule has 0 aliphatic carbocycles. The molecular weight excluding hydrogens is 368 g/mol. The molecule has 0 aliphatic rings. The van der Waals surface area contributed by atoms with Crippen LogP contribution >= 0.6 is 0 Å². The van der Waals surface area contributed by atoms with Gasteiger partial charge in [-0.05, 0) is 34.0 Å². The maximum absolute atomic E-state index is 12.2. The summed E-state index contributed by atoms with van der Waals surface area (Å²) in [6, 6.07) is 18.3. The Kier molecular flexibility index (Phi) is 7.04. The number of unbranched alkanes of at least 4 members (excludes halogenated alkanes) is 5. The van der Waals surface area contributed by atoms with E-state index >= 15 is 0 Å². The minimum atomic E-state index is -3.40. The lowest BCUT2D eigenvalue weighted by Crippen LogP contribution is -2.21. The number of sulfonamides is 1. The van der Waals surface area contributed by atoms with Crippen LogP contribution in [-0.2, 0) is 10.0 Å². The van der Waals surface area contributed by atoms with Crippen LogP contribution in [0.4, 0.5) is 0 Å².